The third-order valence-electron chi connectivity index (χ3n) is 2.67. The molecule has 0 saturated heterocycles. The van der Waals surface area contributed by atoms with E-state index in [2.05, 4.69) is 4.98 Å². The van der Waals surface area contributed by atoms with Crippen molar-refractivity contribution in [2.75, 3.05) is 0 Å². The Kier molecular flexibility index (Phi) is 3.55. The van der Waals surface area contributed by atoms with Gasteiger partial charge in [0.05, 0.1) is 27.9 Å². The quantitative estimate of drug-likeness (QED) is 0.842. The predicted octanol–water partition coefficient (Wildman–Crippen LogP) is 1.25. The minimum absolute atomic E-state index is 0.0670. The molecule has 0 aliphatic carbocycles. The van der Waals surface area contributed by atoms with Crippen LogP contribution >= 0.6 is 11.6 Å². The van der Waals surface area contributed by atoms with Crippen LogP contribution < -0.4 is 11.2 Å². The van der Waals surface area contributed by atoms with Crippen LogP contribution in [0.1, 0.15) is 22.8 Å². The molecule has 1 aromatic heterocycles. The molecule has 0 saturated carbocycles. The van der Waals surface area contributed by atoms with Gasteiger partial charge in [0.15, 0.2) is 5.78 Å². The minimum Gasteiger partial charge on any atom is -0.313 e. The molecule has 100 valence electrons. The Labute approximate surface area is 117 Å². The Balaban J connectivity index is 2.80. The van der Waals surface area contributed by atoms with E-state index >= 15 is 0 Å². The molecule has 0 bridgehead atoms. The standard InChI is InChI=1S/C13H8ClN3O3/c1-7(18)9-6-16-13(20)17(12(9)19)11-3-2-8(5-15)4-10(11)14/h2-4,6H,1H3,(H,16,20). The highest BCUT2D eigenvalue weighted by molar-refractivity contribution is 6.32. The number of H-pyrrole nitrogens is 1. The predicted molar refractivity (Wildman–Crippen MR) is 72.4 cm³/mol. The molecule has 20 heavy (non-hydrogen) atoms. The first-order valence-electron chi connectivity index (χ1n) is 5.51. The highest BCUT2D eigenvalue weighted by atomic mass is 35.5. The second-order valence-electron chi connectivity index (χ2n) is 3.98. The van der Waals surface area contributed by atoms with Crippen LogP contribution in [0.2, 0.25) is 5.02 Å². The van der Waals surface area contributed by atoms with Crippen molar-refractivity contribution in [3.05, 3.63) is 61.4 Å². The van der Waals surface area contributed by atoms with Crippen molar-refractivity contribution < 1.29 is 4.79 Å². The van der Waals surface area contributed by atoms with E-state index in [-0.39, 0.29) is 16.3 Å². The van der Waals surface area contributed by atoms with Gasteiger partial charge in [-0.25, -0.2) is 9.36 Å². The average Bonchev–Trinajstić information content (AvgIpc) is 2.40. The van der Waals surface area contributed by atoms with Gasteiger partial charge in [0.25, 0.3) is 5.56 Å². The molecule has 2 rings (SSSR count). The average molecular weight is 290 g/mol. The third-order valence-corrected chi connectivity index (χ3v) is 2.98. The Hall–Kier alpha value is -2.65. The summed E-state index contributed by atoms with van der Waals surface area (Å²) in [5.41, 5.74) is -1.21. The van der Waals surface area contributed by atoms with Crippen LogP contribution in [-0.4, -0.2) is 15.3 Å². The zero-order chi connectivity index (χ0) is 14.9. The number of Topliss-reactive ketones (excluding diaryl/α,β-unsaturated/α-hetero) is 1. The SMILES string of the molecule is CC(=O)c1c[nH]c(=O)n(-c2ccc(C#N)cc2Cl)c1=O. The van der Waals surface area contributed by atoms with E-state index in [9.17, 15) is 14.4 Å². The van der Waals surface area contributed by atoms with Gasteiger partial charge in [-0.3, -0.25) is 9.59 Å². The molecule has 0 fully saturated rings. The number of benzene rings is 1. The molecule has 1 aromatic carbocycles. The third kappa shape index (κ3) is 2.27. The number of halogens is 1. The molecule has 0 amide bonds. The van der Waals surface area contributed by atoms with E-state index in [0.717, 1.165) is 10.8 Å². The van der Waals surface area contributed by atoms with E-state index in [1.54, 1.807) is 0 Å². The Morgan fingerprint density at radius 2 is 2.10 bits per heavy atom. The maximum Gasteiger partial charge on any atom is 0.333 e. The van der Waals surface area contributed by atoms with Crippen LogP contribution in [0.5, 0.6) is 0 Å². The van der Waals surface area contributed by atoms with Crippen LogP contribution in [0.3, 0.4) is 0 Å². The van der Waals surface area contributed by atoms with Gasteiger partial charge in [-0.2, -0.15) is 5.26 Å². The number of aromatic nitrogens is 2. The van der Waals surface area contributed by atoms with Crippen molar-refractivity contribution in [2.45, 2.75) is 6.92 Å². The molecule has 1 heterocycles. The second kappa shape index (κ2) is 5.15. The molecule has 0 aliphatic heterocycles. The summed E-state index contributed by atoms with van der Waals surface area (Å²) >= 11 is 5.97. The molecular weight excluding hydrogens is 282 g/mol. The molecule has 2 aromatic rings. The van der Waals surface area contributed by atoms with Crippen molar-refractivity contribution in [1.82, 2.24) is 9.55 Å². The molecule has 1 N–H and O–H groups in total. The first kappa shape index (κ1) is 13.8. The topological polar surface area (TPSA) is 95.7 Å². The van der Waals surface area contributed by atoms with E-state index < -0.39 is 17.0 Å². The number of rotatable bonds is 2. The van der Waals surface area contributed by atoms with Gasteiger partial charge in [-0.15, -0.1) is 0 Å². The smallest absolute Gasteiger partial charge is 0.313 e. The van der Waals surface area contributed by atoms with Crippen LogP contribution in [0.25, 0.3) is 5.69 Å². The second-order valence-corrected chi connectivity index (χ2v) is 4.39. The monoisotopic (exact) mass is 289 g/mol. The molecule has 7 heteroatoms. The van der Waals surface area contributed by atoms with Crippen molar-refractivity contribution in [3.8, 4) is 11.8 Å². The summed E-state index contributed by atoms with van der Waals surface area (Å²) < 4.78 is 0.764. The number of nitrogens with zero attached hydrogens (tertiary/aromatic N) is 2. The lowest BCUT2D eigenvalue weighted by atomic mass is 10.2. The first-order valence-corrected chi connectivity index (χ1v) is 5.89. The molecule has 6 nitrogen and oxygen atoms in total. The summed E-state index contributed by atoms with van der Waals surface area (Å²) in [5.74, 6) is -0.468. The van der Waals surface area contributed by atoms with E-state index in [0.29, 0.717) is 5.56 Å². The number of aromatic amines is 1. The maximum atomic E-state index is 12.1. The minimum atomic E-state index is -0.757. The number of nitrogens with one attached hydrogen (secondary N) is 1. The van der Waals surface area contributed by atoms with Crippen LogP contribution in [0.4, 0.5) is 0 Å². The summed E-state index contributed by atoms with van der Waals surface area (Å²) in [4.78, 5) is 37.6. The van der Waals surface area contributed by atoms with Crippen LogP contribution in [0.15, 0.2) is 34.0 Å². The van der Waals surface area contributed by atoms with Gasteiger partial charge >= 0.3 is 5.69 Å². The lowest BCUT2D eigenvalue weighted by molar-refractivity contribution is 0.101. The fraction of sp³-hybridized carbons (Fsp3) is 0.0769. The molecule has 0 atom stereocenters. The normalized spacial score (nSPS) is 10.1. The van der Waals surface area contributed by atoms with Gasteiger partial charge in [-0.1, -0.05) is 11.6 Å². The number of carbonyl (C=O) groups is 1. The zero-order valence-corrected chi connectivity index (χ0v) is 11.1. The van der Waals surface area contributed by atoms with Crippen molar-refractivity contribution in [1.29, 1.82) is 5.26 Å². The highest BCUT2D eigenvalue weighted by Crippen LogP contribution is 2.19. The lowest BCUT2D eigenvalue weighted by Crippen LogP contribution is -2.36. The summed E-state index contributed by atoms with van der Waals surface area (Å²) in [5, 5.41) is 8.83. The van der Waals surface area contributed by atoms with E-state index in [4.69, 9.17) is 16.9 Å². The number of ketones is 1. The number of hydrogen-bond acceptors (Lipinski definition) is 4. The Morgan fingerprint density at radius 3 is 2.65 bits per heavy atom. The number of hydrogen-bond donors (Lipinski definition) is 1. The maximum absolute atomic E-state index is 12.1. The summed E-state index contributed by atoms with van der Waals surface area (Å²) in [6, 6.07) is 6.03. The molecule has 0 unspecified atom stereocenters. The van der Waals surface area contributed by atoms with Crippen molar-refractivity contribution >= 4 is 17.4 Å². The molecule has 0 spiro atoms. The summed E-state index contributed by atoms with van der Waals surface area (Å²) in [6.45, 7) is 1.22. The van der Waals surface area contributed by atoms with Crippen LogP contribution in [-0.2, 0) is 0 Å². The van der Waals surface area contributed by atoms with Gasteiger partial charge < -0.3 is 4.98 Å². The number of nitriles is 1. The fourth-order valence-corrected chi connectivity index (χ4v) is 1.97. The Morgan fingerprint density at radius 1 is 1.40 bits per heavy atom. The van der Waals surface area contributed by atoms with Gasteiger partial charge in [-0.05, 0) is 25.1 Å². The highest BCUT2D eigenvalue weighted by Gasteiger charge is 2.14. The largest absolute Gasteiger partial charge is 0.333 e. The molecule has 0 radical (unpaired) electrons. The Bertz CT molecular complexity index is 858. The van der Waals surface area contributed by atoms with Gasteiger partial charge in [0, 0.05) is 6.20 Å². The fourth-order valence-electron chi connectivity index (χ4n) is 1.70. The summed E-state index contributed by atoms with van der Waals surface area (Å²) in [6.07, 6.45) is 1.07. The van der Waals surface area contributed by atoms with Crippen molar-refractivity contribution in [2.24, 2.45) is 0 Å². The molecule has 0 aliphatic rings. The summed E-state index contributed by atoms with van der Waals surface area (Å²) in [7, 11) is 0. The van der Waals surface area contributed by atoms with E-state index in [1.807, 2.05) is 6.07 Å². The zero-order valence-electron chi connectivity index (χ0n) is 10.3. The van der Waals surface area contributed by atoms with Crippen LogP contribution in [0, 0.1) is 11.3 Å². The van der Waals surface area contributed by atoms with Gasteiger partial charge in [0.1, 0.15) is 0 Å². The van der Waals surface area contributed by atoms with Gasteiger partial charge in [0.2, 0.25) is 0 Å². The molecular formula is C13H8ClN3O3. The number of carbonyl (C=O) groups excluding carboxylic acids is 1. The first-order chi connectivity index (χ1) is 9.45. The van der Waals surface area contributed by atoms with E-state index in [1.165, 1.54) is 25.1 Å². The van der Waals surface area contributed by atoms with Crippen molar-refractivity contribution in [3.63, 3.8) is 0 Å². The lowest BCUT2D eigenvalue weighted by Gasteiger charge is -2.07.